The van der Waals surface area contributed by atoms with Gasteiger partial charge in [-0.15, -0.1) is 0 Å². The first-order valence-corrected chi connectivity index (χ1v) is 8.67. The fourth-order valence-corrected chi connectivity index (χ4v) is 3.54. The number of hydrogen-bond acceptors (Lipinski definition) is 2. The Balaban J connectivity index is 1.64. The summed E-state index contributed by atoms with van der Waals surface area (Å²) in [5.41, 5.74) is 7.33. The van der Waals surface area contributed by atoms with Crippen LogP contribution >= 0.6 is 0 Å². The molecule has 2 heterocycles. The van der Waals surface area contributed by atoms with Gasteiger partial charge < -0.3 is 0 Å². The second kappa shape index (κ2) is 5.62. The lowest BCUT2D eigenvalue weighted by Gasteiger charge is -2.12. The maximum absolute atomic E-state index is 14.1. The standard InChI is InChI=1S/C22H17FN2/c23-21-8-7-16(11-20(21)14-3-4-14)22-19(2-1-9-25-22)15-5-6-17-12-24-13-18(17)10-15/h1-2,5-11,13-14H,3-4,12H2. The Morgan fingerprint density at radius 3 is 2.72 bits per heavy atom. The number of nitrogens with zero attached hydrogens (tertiary/aromatic N) is 2. The maximum atomic E-state index is 14.1. The molecule has 122 valence electrons. The third-order valence-electron chi connectivity index (χ3n) is 5.04. The van der Waals surface area contributed by atoms with E-state index < -0.39 is 0 Å². The lowest BCUT2D eigenvalue weighted by molar-refractivity contribution is 0.611. The number of pyridine rings is 1. The monoisotopic (exact) mass is 328 g/mol. The molecule has 0 radical (unpaired) electrons. The topological polar surface area (TPSA) is 25.2 Å². The summed E-state index contributed by atoms with van der Waals surface area (Å²) in [7, 11) is 0. The minimum atomic E-state index is -0.0996. The number of hydrogen-bond donors (Lipinski definition) is 0. The van der Waals surface area contributed by atoms with Gasteiger partial charge in [0.2, 0.25) is 0 Å². The number of aromatic nitrogens is 1. The largest absolute Gasteiger partial charge is 0.288 e. The van der Waals surface area contributed by atoms with Crippen LogP contribution in [0, 0.1) is 5.82 Å². The molecule has 3 aromatic rings. The Bertz CT molecular complexity index is 1000. The molecule has 0 amide bonds. The van der Waals surface area contributed by atoms with Crippen LogP contribution in [0.3, 0.4) is 0 Å². The maximum Gasteiger partial charge on any atom is 0.126 e. The molecule has 0 unspecified atom stereocenters. The van der Waals surface area contributed by atoms with E-state index in [1.807, 2.05) is 24.4 Å². The molecule has 0 spiro atoms. The highest BCUT2D eigenvalue weighted by Gasteiger charge is 2.27. The Morgan fingerprint density at radius 2 is 1.84 bits per heavy atom. The summed E-state index contributed by atoms with van der Waals surface area (Å²) in [6.07, 6.45) is 5.89. The van der Waals surface area contributed by atoms with E-state index >= 15 is 0 Å². The van der Waals surface area contributed by atoms with Crippen LogP contribution in [0.1, 0.15) is 35.4 Å². The first-order valence-electron chi connectivity index (χ1n) is 8.67. The van der Waals surface area contributed by atoms with Gasteiger partial charge in [-0.1, -0.05) is 18.2 Å². The van der Waals surface area contributed by atoms with Crippen LogP contribution in [-0.4, -0.2) is 11.2 Å². The lowest BCUT2D eigenvalue weighted by atomic mass is 9.95. The van der Waals surface area contributed by atoms with Crippen molar-refractivity contribution in [2.75, 3.05) is 0 Å². The molecule has 1 saturated carbocycles. The molecule has 0 atom stereocenters. The highest BCUT2D eigenvalue weighted by Crippen LogP contribution is 2.43. The zero-order valence-corrected chi connectivity index (χ0v) is 13.7. The average Bonchev–Trinajstić information content (AvgIpc) is 3.39. The third kappa shape index (κ3) is 2.56. The van der Waals surface area contributed by atoms with Gasteiger partial charge in [0.1, 0.15) is 5.82 Å². The summed E-state index contributed by atoms with van der Waals surface area (Å²) in [5, 5.41) is 0. The van der Waals surface area contributed by atoms with Crippen LogP contribution < -0.4 is 0 Å². The molecule has 1 fully saturated rings. The summed E-state index contributed by atoms with van der Waals surface area (Å²) in [5.74, 6) is 0.279. The average molecular weight is 328 g/mol. The molecule has 1 aliphatic heterocycles. The van der Waals surface area contributed by atoms with Crippen molar-refractivity contribution in [3.8, 4) is 22.4 Å². The zero-order valence-electron chi connectivity index (χ0n) is 13.7. The van der Waals surface area contributed by atoms with Crippen LogP contribution in [0.25, 0.3) is 22.4 Å². The molecule has 2 aromatic carbocycles. The highest BCUT2D eigenvalue weighted by molar-refractivity contribution is 5.89. The van der Waals surface area contributed by atoms with Gasteiger partial charge in [-0.25, -0.2) is 4.39 Å². The van der Waals surface area contributed by atoms with Gasteiger partial charge in [0.25, 0.3) is 0 Å². The van der Waals surface area contributed by atoms with Crippen molar-refractivity contribution in [2.45, 2.75) is 25.3 Å². The van der Waals surface area contributed by atoms with Crippen molar-refractivity contribution in [1.82, 2.24) is 4.98 Å². The number of benzene rings is 2. The highest BCUT2D eigenvalue weighted by atomic mass is 19.1. The van der Waals surface area contributed by atoms with E-state index in [9.17, 15) is 4.39 Å². The first kappa shape index (κ1) is 14.5. The van der Waals surface area contributed by atoms with Gasteiger partial charge in [-0.2, -0.15) is 0 Å². The Hall–Kier alpha value is -2.81. The van der Waals surface area contributed by atoms with E-state index in [-0.39, 0.29) is 5.82 Å². The van der Waals surface area contributed by atoms with E-state index in [2.05, 4.69) is 34.2 Å². The van der Waals surface area contributed by atoms with Crippen LogP contribution in [0.5, 0.6) is 0 Å². The van der Waals surface area contributed by atoms with Crippen molar-refractivity contribution in [2.24, 2.45) is 4.99 Å². The van der Waals surface area contributed by atoms with Gasteiger partial charge in [-0.05, 0) is 71.3 Å². The summed E-state index contributed by atoms with van der Waals surface area (Å²) in [4.78, 5) is 8.95. The molecule has 1 aromatic heterocycles. The summed E-state index contributed by atoms with van der Waals surface area (Å²) < 4.78 is 14.1. The third-order valence-corrected chi connectivity index (χ3v) is 5.04. The molecule has 0 bridgehead atoms. The second-order valence-corrected chi connectivity index (χ2v) is 6.79. The van der Waals surface area contributed by atoms with Crippen molar-refractivity contribution >= 4 is 6.21 Å². The van der Waals surface area contributed by atoms with Crippen LogP contribution in [0.15, 0.2) is 59.7 Å². The molecular formula is C22H17FN2. The second-order valence-electron chi connectivity index (χ2n) is 6.79. The number of fused-ring (bicyclic) bond motifs is 1. The lowest BCUT2D eigenvalue weighted by Crippen LogP contribution is -1.94. The molecule has 1 aliphatic carbocycles. The fourth-order valence-electron chi connectivity index (χ4n) is 3.54. The van der Waals surface area contributed by atoms with Crippen molar-refractivity contribution in [1.29, 1.82) is 0 Å². The molecule has 2 nitrogen and oxygen atoms in total. The molecule has 0 N–H and O–H groups in total. The van der Waals surface area contributed by atoms with Crippen molar-refractivity contribution in [3.05, 3.63) is 77.2 Å². The Morgan fingerprint density at radius 1 is 0.960 bits per heavy atom. The normalized spacial score (nSPS) is 15.4. The van der Waals surface area contributed by atoms with Gasteiger partial charge in [0, 0.05) is 23.5 Å². The minimum absolute atomic E-state index is 0.0996. The molecular weight excluding hydrogens is 311 g/mol. The number of rotatable bonds is 3. The number of halogens is 1. The van der Waals surface area contributed by atoms with Crippen LogP contribution in [0.2, 0.25) is 0 Å². The van der Waals surface area contributed by atoms with E-state index in [1.54, 1.807) is 12.3 Å². The van der Waals surface area contributed by atoms with E-state index in [0.717, 1.165) is 47.3 Å². The summed E-state index contributed by atoms with van der Waals surface area (Å²) in [6.45, 7) is 0.762. The predicted molar refractivity (Wildman–Crippen MR) is 98.3 cm³/mol. The Labute approximate surface area is 146 Å². The minimum Gasteiger partial charge on any atom is -0.288 e. The number of aliphatic imine (C=N–C) groups is 1. The van der Waals surface area contributed by atoms with Crippen molar-refractivity contribution in [3.63, 3.8) is 0 Å². The molecule has 2 aliphatic rings. The fraction of sp³-hybridized carbons (Fsp3) is 0.182. The zero-order chi connectivity index (χ0) is 16.8. The quantitative estimate of drug-likeness (QED) is 0.635. The summed E-state index contributed by atoms with van der Waals surface area (Å²) in [6, 6.07) is 15.8. The van der Waals surface area contributed by atoms with Crippen LogP contribution in [0.4, 0.5) is 4.39 Å². The van der Waals surface area contributed by atoms with Crippen molar-refractivity contribution < 1.29 is 4.39 Å². The smallest absolute Gasteiger partial charge is 0.126 e. The summed E-state index contributed by atoms with van der Waals surface area (Å²) >= 11 is 0. The molecule has 5 rings (SSSR count). The SMILES string of the molecule is Fc1ccc(-c2ncccc2-c2ccc3c(c2)C=NC3)cc1C1CC1. The molecule has 0 saturated heterocycles. The van der Waals surface area contributed by atoms with Gasteiger partial charge in [0.05, 0.1) is 12.2 Å². The van der Waals surface area contributed by atoms with Gasteiger partial charge in [-0.3, -0.25) is 9.98 Å². The predicted octanol–water partition coefficient (Wildman–Crippen LogP) is 5.36. The van der Waals surface area contributed by atoms with E-state index in [0.29, 0.717) is 5.92 Å². The molecule has 3 heteroatoms. The molecule has 25 heavy (non-hydrogen) atoms. The van der Waals surface area contributed by atoms with E-state index in [1.165, 1.54) is 11.1 Å². The van der Waals surface area contributed by atoms with E-state index in [4.69, 9.17) is 0 Å². The van der Waals surface area contributed by atoms with Gasteiger partial charge >= 0.3 is 0 Å². The van der Waals surface area contributed by atoms with Gasteiger partial charge in [0.15, 0.2) is 0 Å². The first-order chi connectivity index (χ1) is 12.3. The van der Waals surface area contributed by atoms with Crippen LogP contribution in [-0.2, 0) is 6.54 Å². The Kier molecular flexibility index (Phi) is 3.27.